The molecule has 0 aliphatic carbocycles. The summed E-state index contributed by atoms with van der Waals surface area (Å²) in [7, 11) is 1.70. The van der Waals surface area contributed by atoms with Crippen LogP contribution in [0.3, 0.4) is 0 Å². The highest BCUT2D eigenvalue weighted by atomic mass is 32.1. The van der Waals surface area contributed by atoms with E-state index in [9.17, 15) is 4.79 Å². The van der Waals surface area contributed by atoms with Gasteiger partial charge >= 0.3 is 0 Å². The number of carbonyl (C=O) groups is 1. The molecule has 2 heterocycles. The Bertz CT molecular complexity index is 870. The predicted octanol–water partition coefficient (Wildman–Crippen LogP) is 4.51. The number of amides is 1. The van der Waals surface area contributed by atoms with Crippen molar-refractivity contribution in [3.63, 3.8) is 0 Å². The fraction of sp³-hybridized carbons (Fsp3) is 0.348. The van der Waals surface area contributed by atoms with Crippen LogP contribution < -0.4 is 0 Å². The summed E-state index contributed by atoms with van der Waals surface area (Å²) in [6.07, 6.45) is 3.40. The van der Waals surface area contributed by atoms with E-state index in [1.807, 2.05) is 22.4 Å². The van der Waals surface area contributed by atoms with E-state index in [2.05, 4.69) is 54.1 Å². The summed E-state index contributed by atoms with van der Waals surface area (Å²) in [5.74, 6) is 0.169. The van der Waals surface area contributed by atoms with E-state index >= 15 is 0 Å². The van der Waals surface area contributed by atoms with Crippen molar-refractivity contribution in [2.75, 3.05) is 20.3 Å². The average Bonchev–Trinajstić information content (AvgIpc) is 3.35. The fourth-order valence-electron chi connectivity index (χ4n) is 3.28. The van der Waals surface area contributed by atoms with Crippen LogP contribution >= 0.6 is 11.3 Å². The molecule has 1 aromatic carbocycles. The minimum absolute atomic E-state index is 0.169. The van der Waals surface area contributed by atoms with Gasteiger partial charge in [-0.25, -0.2) is 0 Å². The van der Waals surface area contributed by atoms with Gasteiger partial charge in [0.2, 0.25) is 5.91 Å². The Hall–Kier alpha value is -2.37. The molecule has 0 fully saturated rings. The van der Waals surface area contributed by atoms with Crippen LogP contribution in [-0.4, -0.2) is 35.6 Å². The molecule has 0 radical (unpaired) electrons. The topological polar surface area (TPSA) is 34.5 Å². The second kappa shape index (κ2) is 10.2. The number of rotatable bonds is 10. The van der Waals surface area contributed by atoms with Crippen molar-refractivity contribution in [2.45, 2.75) is 32.9 Å². The van der Waals surface area contributed by atoms with Gasteiger partial charge in [0, 0.05) is 43.6 Å². The molecule has 0 aliphatic heterocycles. The van der Waals surface area contributed by atoms with E-state index in [1.165, 1.54) is 11.1 Å². The Labute approximate surface area is 171 Å². The summed E-state index contributed by atoms with van der Waals surface area (Å²) in [6.45, 7) is 4.94. The van der Waals surface area contributed by atoms with Crippen LogP contribution in [0.1, 0.15) is 28.1 Å². The lowest BCUT2D eigenvalue weighted by Gasteiger charge is -2.24. The first-order valence-electron chi connectivity index (χ1n) is 9.65. The Kier molecular flexibility index (Phi) is 7.46. The molecule has 0 bridgehead atoms. The number of thiophene rings is 1. The van der Waals surface area contributed by atoms with E-state index in [-0.39, 0.29) is 5.91 Å². The molecule has 3 rings (SSSR count). The SMILES string of the molecule is COCCCN(Cc1cccn1Cc1ccccc1C)C(=O)Cc1cccs1. The van der Waals surface area contributed by atoms with Gasteiger partial charge in [0.15, 0.2) is 0 Å². The molecule has 0 unspecified atom stereocenters. The zero-order valence-electron chi connectivity index (χ0n) is 16.6. The third kappa shape index (κ3) is 5.57. The van der Waals surface area contributed by atoms with Gasteiger partial charge in [0.1, 0.15) is 0 Å². The molecule has 148 valence electrons. The van der Waals surface area contributed by atoms with Gasteiger partial charge in [0.25, 0.3) is 0 Å². The first-order chi connectivity index (χ1) is 13.7. The Morgan fingerprint density at radius 1 is 1.14 bits per heavy atom. The molecule has 28 heavy (non-hydrogen) atoms. The van der Waals surface area contributed by atoms with Crippen LogP contribution in [0.2, 0.25) is 0 Å². The first kappa shape index (κ1) is 20.4. The van der Waals surface area contributed by atoms with Crippen LogP contribution in [0.15, 0.2) is 60.1 Å². The van der Waals surface area contributed by atoms with Gasteiger partial charge in [-0.1, -0.05) is 30.3 Å². The molecule has 0 saturated heterocycles. The van der Waals surface area contributed by atoms with Gasteiger partial charge in [-0.3, -0.25) is 4.79 Å². The molecule has 0 spiro atoms. The quantitative estimate of drug-likeness (QED) is 0.473. The van der Waals surface area contributed by atoms with Crippen molar-refractivity contribution in [2.24, 2.45) is 0 Å². The summed E-state index contributed by atoms with van der Waals surface area (Å²) in [5.41, 5.74) is 3.74. The van der Waals surface area contributed by atoms with Crippen molar-refractivity contribution < 1.29 is 9.53 Å². The molecule has 0 aliphatic rings. The number of methoxy groups -OCH3 is 1. The monoisotopic (exact) mass is 396 g/mol. The number of hydrogen-bond donors (Lipinski definition) is 0. The molecular weight excluding hydrogens is 368 g/mol. The minimum Gasteiger partial charge on any atom is -0.385 e. The highest BCUT2D eigenvalue weighted by molar-refractivity contribution is 7.10. The van der Waals surface area contributed by atoms with Crippen molar-refractivity contribution in [1.82, 2.24) is 9.47 Å². The smallest absolute Gasteiger partial charge is 0.228 e. The van der Waals surface area contributed by atoms with Crippen LogP contribution in [0.5, 0.6) is 0 Å². The van der Waals surface area contributed by atoms with E-state index in [0.29, 0.717) is 26.1 Å². The number of nitrogens with zero attached hydrogens (tertiary/aromatic N) is 2. The molecule has 1 amide bonds. The number of benzene rings is 1. The molecule has 0 N–H and O–H groups in total. The zero-order chi connectivity index (χ0) is 19.8. The first-order valence-corrected chi connectivity index (χ1v) is 10.5. The Morgan fingerprint density at radius 2 is 2.00 bits per heavy atom. The maximum atomic E-state index is 12.9. The van der Waals surface area contributed by atoms with E-state index in [0.717, 1.165) is 23.5 Å². The highest BCUT2D eigenvalue weighted by Gasteiger charge is 2.17. The standard InChI is InChI=1S/C23H28N2O2S/c1-19-8-3-4-9-20(19)17-24-12-5-10-21(24)18-25(13-7-14-27-2)23(26)16-22-11-6-15-28-22/h3-6,8-12,15H,7,13-14,16-18H2,1-2H3. The van der Waals surface area contributed by atoms with E-state index in [4.69, 9.17) is 4.74 Å². The number of ether oxygens (including phenoxy) is 1. The Morgan fingerprint density at radius 3 is 2.75 bits per heavy atom. The predicted molar refractivity (Wildman–Crippen MR) is 115 cm³/mol. The minimum atomic E-state index is 0.169. The lowest BCUT2D eigenvalue weighted by atomic mass is 10.1. The second-order valence-corrected chi connectivity index (χ2v) is 8.00. The average molecular weight is 397 g/mol. The van der Waals surface area contributed by atoms with E-state index in [1.54, 1.807) is 18.4 Å². The second-order valence-electron chi connectivity index (χ2n) is 6.97. The summed E-state index contributed by atoms with van der Waals surface area (Å²) in [5, 5.41) is 2.02. The lowest BCUT2D eigenvalue weighted by molar-refractivity contribution is -0.131. The van der Waals surface area contributed by atoms with E-state index < -0.39 is 0 Å². The van der Waals surface area contributed by atoms with Crippen molar-refractivity contribution in [3.05, 3.63) is 81.8 Å². The van der Waals surface area contributed by atoms with Crippen molar-refractivity contribution in [1.29, 1.82) is 0 Å². The molecule has 0 atom stereocenters. The summed E-state index contributed by atoms with van der Waals surface area (Å²) in [6, 6.07) is 16.6. The number of aromatic nitrogens is 1. The van der Waals surface area contributed by atoms with Gasteiger partial charge in [-0.05, 0) is 48.1 Å². The van der Waals surface area contributed by atoms with Crippen LogP contribution in [0.4, 0.5) is 0 Å². The van der Waals surface area contributed by atoms with Gasteiger partial charge in [0.05, 0.1) is 13.0 Å². The summed E-state index contributed by atoms with van der Waals surface area (Å²) < 4.78 is 7.43. The lowest BCUT2D eigenvalue weighted by Crippen LogP contribution is -2.34. The number of hydrogen-bond acceptors (Lipinski definition) is 3. The summed E-state index contributed by atoms with van der Waals surface area (Å²) in [4.78, 5) is 16.0. The fourth-order valence-corrected chi connectivity index (χ4v) is 3.98. The Balaban J connectivity index is 1.72. The van der Waals surface area contributed by atoms with Crippen LogP contribution in [-0.2, 0) is 29.0 Å². The summed E-state index contributed by atoms with van der Waals surface area (Å²) >= 11 is 1.63. The normalized spacial score (nSPS) is 10.9. The largest absolute Gasteiger partial charge is 0.385 e. The third-order valence-corrected chi connectivity index (χ3v) is 5.79. The van der Waals surface area contributed by atoms with Crippen LogP contribution in [0.25, 0.3) is 0 Å². The maximum absolute atomic E-state index is 12.9. The molecule has 0 saturated carbocycles. The highest BCUT2D eigenvalue weighted by Crippen LogP contribution is 2.16. The molecule has 4 nitrogen and oxygen atoms in total. The molecular formula is C23H28N2O2S. The number of aryl methyl sites for hydroxylation is 1. The van der Waals surface area contributed by atoms with Crippen molar-refractivity contribution in [3.8, 4) is 0 Å². The van der Waals surface area contributed by atoms with Gasteiger partial charge in [-0.2, -0.15) is 0 Å². The molecule has 3 aromatic rings. The third-order valence-electron chi connectivity index (χ3n) is 4.91. The van der Waals surface area contributed by atoms with Crippen LogP contribution in [0, 0.1) is 6.92 Å². The van der Waals surface area contributed by atoms with Gasteiger partial charge < -0.3 is 14.2 Å². The molecule has 2 aromatic heterocycles. The number of carbonyl (C=O) groups excluding carboxylic acids is 1. The van der Waals surface area contributed by atoms with Crippen molar-refractivity contribution >= 4 is 17.2 Å². The molecule has 5 heteroatoms. The zero-order valence-corrected chi connectivity index (χ0v) is 17.5. The maximum Gasteiger partial charge on any atom is 0.228 e. The van der Waals surface area contributed by atoms with Gasteiger partial charge in [-0.15, -0.1) is 11.3 Å².